The first-order chi connectivity index (χ1) is 15.9. The third-order valence-corrected chi connectivity index (χ3v) is 8.59. The van der Waals surface area contributed by atoms with Gasteiger partial charge in [0.25, 0.3) is 5.91 Å². The van der Waals surface area contributed by atoms with Crippen molar-refractivity contribution in [3.63, 3.8) is 0 Å². The lowest BCUT2D eigenvalue weighted by molar-refractivity contribution is -0.204. The normalized spacial score (nSPS) is 42.6. The van der Waals surface area contributed by atoms with Gasteiger partial charge in [-0.1, -0.05) is 0 Å². The maximum atomic E-state index is 14.4. The molecule has 0 spiro atoms. The largest absolute Gasteiger partial charge is 0.390 e. The monoisotopic (exact) mass is 456 g/mol. The summed E-state index contributed by atoms with van der Waals surface area (Å²) in [4.78, 5) is 23.1. The molecule has 1 aromatic heterocycles. The van der Waals surface area contributed by atoms with Gasteiger partial charge in [-0.05, 0) is 76.5 Å². The van der Waals surface area contributed by atoms with Crippen LogP contribution in [0.2, 0.25) is 0 Å². The fourth-order valence-corrected chi connectivity index (χ4v) is 7.81. The zero-order valence-electron chi connectivity index (χ0n) is 19.7. The number of carbonyl (C=O) groups excluding carboxylic acids is 1. The van der Waals surface area contributed by atoms with E-state index in [9.17, 15) is 9.90 Å². The number of ether oxygens (including phenoxy) is 2. The zero-order valence-corrected chi connectivity index (χ0v) is 19.7. The Bertz CT molecular complexity index is 880. The van der Waals surface area contributed by atoms with E-state index in [1.807, 2.05) is 0 Å². The molecule has 33 heavy (non-hydrogen) atoms. The van der Waals surface area contributed by atoms with Gasteiger partial charge in [-0.3, -0.25) is 9.80 Å². The molecule has 2 saturated heterocycles. The number of rotatable bonds is 4. The van der Waals surface area contributed by atoms with Gasteiger partial charge in [0.1, 0.15) is 12.4 Å². The van der Waals surface area contributed by atoms with Gasteiger partial charge in [0.05, 0.1) is 35.1 Å². The quantitative estimate of drug-likeness (QED) is 0.745. The van der Waals surface area contributed by atoms with Crippen LogP contribution in [0, 0.1) is 17.8 Å². The van der Waals surface area contributed by atoms with Crippen molar-refractivity contribution in [3.8, 4) is 0 Å². The number of amides is 1. The van der Waals surface area contributed by atoms with E-state index >= 15 is 0 Å². The lowest BCUT2D eigenvalue weighted by Crippen LogP contribution is -2.67. The molecule has 8 nitrogen and oxygen atoms in total. The minimum atomic E-state index is -0.536. The Kier molecular flexibility index (Phi) is 5.48. The number of hydrogen-bond acceptors (Lipinski definition) is 7. The fourth-order valence-electron chi connectivity index (χ4n) is 7.81. The molecule has 180 valence electrons. The van der Waals surface area contributed by atoms with Crippen molar-refractivity contribution in [1.29, 1.82) is 0 Å². The van der Waals surface area contributed by atoms with Crippen LogP contribution in [-0.2, 0) is 9.47 Å². The van der Waals surface area contributed by atoms with E-state index in [1.165, 1.54) is 6.33 Å². The molecule has 1 aromatic rings. The standard InChI is InChI=1S/C25H36N4O4/c1-15-12-28(13-16(2)33-15)29(23-18-6-17-7-19(23)10-25(31,8-17)9-18)24(30)20-11-26-14-27-22(20)21-4-3-5-32-21/h11,14-19,21,23,31H,3-10,12-13H2,1-2H3/t15-,16+,17?,18?,19?,21?,23?,25?. The van der Waals surface area contributed by atoms with Crippen molar-refractivity contribution in [1.82, 2.24) is 20.0 Å². The second-order valence-electron chi connectivity index (χ2n) is 11.3. The molecule has 2 aliphatic heterocycles. The molecule has 6 aliphatic rings. The van der Waals surface area contributed by atoms with Crippen LogP contribution < -0.4 is 0 Å². The highest BCUT2D eigenvalue weighted by atomic mass is 16.5. The minimum absolute atomic E-state index is 0.0214. The van der Waals surface area contributed by atoms with Gasteiger partial charge >= 0.3 is 0 Å². The number of carbonyl (C=O) groups is 1. The van der Waals surface area contributed by atoms with Crippen molar-refractivity contribution in [2.75, 3.05) is 19.7 Å². The SMILES string of the molecule is C[C@@H]1CN(N(C(=O)c2cncnc2C2CCCO2)C2C3CC4CC2CC(O)(C4)C3)C[C@H](C)O1. The third-order valence-electron chi connectivity index (χ3n) is 8.59. The van der Waals surface area contributed by atoms with Gasteiger partial charge in [-0.2, -0.15) is 0 Å². The number of nitrogens with zero attached hydrogens (tertiary/aromatic N) is 4. The van der Waals surface area contributed by atoms with Crippen LogP contribution >= 0.6 is 0 Å². The molecule has 0 aromatic carbocycles. The second kappa shape index (κ2) is 8.26. The molecule has 4 aliphatic carbocycles. The van der Waals surface area contributed by atoms with Crippen molar-refractivity contribution in [2.45, 2.75) is 88.7 Å². The number of hydrazine groups is 1. The minimum Gasteiger partial charge on any atom is -0.390 e. The summed E-state index contributed by atoms with van der Waals surface area (Å²) in [6.45, 7) is 6.23. The Morgan fingerprint density at radius 2 is 1.91 bits per heavy atom. The summed E-state index contributed by atoms with van der Waals surface area (Å²) < 4.78 is 11.9. The average Bonchev–Trinajstić information content (AvgIpc) is 3.29. The summed E-state index contributed by atoms with van der Waals surface area (Å²) in [6.07, 6.45) is 9.76. The smallest absolute Gasteiger partial charge is 0.271 e. The molecule has 4 saturated carbocycles. The molecule has 3 heterocycles. The molecule has 0 radical (unpaired) electrons. The van der Waals surface area contributed by atoms with E-state index < -0.39 is 5.60 Å². The number of hydrogen-bond donors (Lipinski definition) is 1. The first kappa shape index (κ1) is 21.9. The molecular weight excluding hydrogens is 420 g/mol. The third kappa shape index (κ3) is 3.89. The van der Waals surface area contributed by atoms with Crippen LogP contribution in [0.25, 0.3) is 0 Å². The van der Waals surface area contributed by atoms with E-state index in [0.29, 0.717) is 48.7 Å². The Morgan fingerprint density at radius 1 is 1.18 bits per heavy atom. The number of aromatic nitrogens is 2. The van der Waals surface area contributed by atoms with Crippen LogP contribution in [0.4, 0.5) is 0 Å². The summed E-state index contributed by atoms with van der Waals surface area (Å²) >= 11 is 0. The van der Waals surface area contributed by atoms with E-state index in [2.05, 4.69) is 33.8 Å². The molecule has 3 unspecified atom stereocenters. The lowest BCUT2D eigenvalue weighted by Gasteiger charge is -2.61. The summed E-state index contributed by atoms with van der Waals surface area (Å²) in [6, 6.07) is 0.101. The Hall–Kier alpha value is -1.61. The Morgan fingerprint density at radius 3 is 2.55 bits per heavy atom. The Balaban J connectivity index is 1.38. The van der Waals surface area contributed by atoms with Crippen LogP contribution in [0.5, 0.6) is 0 Å². The first-order valence-corrected chi connectivity index (χ1v) is 12.8. The molecule has 8 heteroatoms. The van der Waals surface area contributed by atoms with Crippen molar-refractivity contribution >= 4 is 5.91 Å². The maximum Gasteiger partial charge on any atom is 0.271 e. The van der Waals surface area contributed by atoms with Crippen LogP contribution in [-0.4, -0.2) is 74.5 Å². The first-order valence-electron chi connectivity index (χ1n) is 12.8. The summed E-state index contributed by atoms with van der Waals surface area (Å²) in [5.41, 5.74) is 0.740. The van der Waals surface area contributed by atoms with Crippen molar-refractivity contribution in [3.05, 3.63) is 23.8 Å². The van der Waals surface area contributed by atoms with Crippen molar-refractivity contribution < 1.29 is 19.4 Å². The fraction of sp³-hybridized carbons (Fsp3) is 0.800. The van der Waals surface area contributed by atoms with E-state index in [0.717, 1.165) is 44.9 Å². The average molecular weight is 457 g/mol. The summed E-state index contributed by atoms with van der Waals surface area (Å²) in [7, 11) is 0. The highest BCUT2D eigenvalue weighted by Gasteiger charge is 2.58. The van der Waals surface area contributed by atoms with E-state index in [4.69, 9.17) is 9.47 Å². The molecule has 5 atom stereocenters. The molecular formula is C25H36N4O4. The predicted octanol–water partition coefficient (Wildman–Crippen LogP) is 2.73. The molecule has 4 bridgehead atoms. The molecule has 1 amide bonds. The topological polar surface area (TPSA) is 88.0 Å². The van der Waals surface area contributed by atoms with E-state index in [1.54, 1.807) is 6.20 Å². The van der Waals surface area contributed by atoms with Gasteiger partial charge in [-0.25, -0.2) is 15.0 Å². The van der Waals surface area contributed by atoms with Crippen molar-refractivity contribution in [2.24, 2.45) is 17.8 Å². The summed E-state index contributed by atoms with van der Waals surface area (Å²) in [5.74, 6) is 1.22. The van der Waals surface area contributed by atoms with Gasteiger partial charge in [0, 0.05) is 25.9 Å². The van der Waals surface area contributed by atoms with Crippen LogP contribution in [0.3, 0.4) is 0 Å². The van der Waals surface area contributed by atoms with Crippen LogP contribution in [0.15, 0.2) is 12.5 Å². The lowest BCUT2D eigenvalue weighted by atomic mass is 9.52. The number of morpholine rings is 1. The van der Waals surface area contributed by atoms with E-state index in [-0.39, 0.29) is 30.3 Å². The van der Waals surface area contributed by atoms with Gasteiger partial charge < -0.3 is 14.6 Å². The Labute approximate surface area is 195 Å². The van der Waals surface area contributed by atoms with Gasteiger partial charge in [-0.15, -0.1) is 0 Å². The maximum absolute atomic E-state index is 14.4. The number of aliphatic hydroxyl groups is 1. The second-order valence-corrected chi connectivity index (χ2v) is 11.3. The van der Waals surface area contributed by atoms with Crippen LogP contribution in [0.1, 0.15) is 80.9 Å². The van der Waals surface area contributed by atoms with Gasteiger partial charge in [0.2, 0.25) is 0 Å². The molecule has 1 N–H and O–H groups in total. The predicted molar refractivity (Wildman–Crippen MR) is 120 cm³/mol. The highest BCUT2D eigenvalue weighted by Crippen LogP contribution is 2.57. The summed E-state index contributed by atoms with van der Waals surface area (Å²) in [5, 5.41) is 15.5. The zero-order chi connectivity index (χ0) is 22.7. The molecule has 6 fully saturated rings. The molecule has 7 rings (SSSR count). The highest BCUT2D eigenvalue weighted by molar-refractivity contribution is 5.95. The van der Waals surface area contributed by atoms with Gasteiger partial charge in [0.15, 0.2) is 0 Å².